The average molecular weight is 230 g/mol. The number of hydrogen-bond acceptors (Lipinski definition) is 2. The van der Waals surface area contributed by atoms with Gasteiger partial charge >= 0.3 is 0 Å². The van der Waals surface area contributed by atoms with Crippen molar-refractivity contribution in [3.63, 3.8) is 0 Å². The van der Waals surface area contributed by atoms with Crippen LogP contribution >= 0.6 is 0 Å². The Morgan fingerprint density at radius 1 is 1.24 bits per heavy atom. The van der Waals surface area contributed by atoms with Gasteiger partial charge in [0.15, 0.2) is 0 Å². The van der Waals surface area contributed by atoms with E-state index in [4.69, 9.17) is 0 Å². The van der Waals surface area contributed by atoms with Gasteiger partial charge in [-0.2, -0.15) is 0 Å². The van der Waals surface area contributed by atoms with E-state index in [2.05, 4.69) is 10.6 Å². The van der Waals surface area contributed by atoms with E-state index >= 15 is 0 Å². The molecule has 1 amide bonds. The number of carbonyl (C=O) groups is 1. The monoisotopic (exact) mass is 230 g/mol. The van der Waals surface area contributed by atoms with Crippen LogP contribution in [-0.2, 0) is 0 Å². The van der Waals surface area contributed by atoms with Crippen LogP contribution in [0.25, 0.3) is 0 Å². The highest BCUT2D eigenvalue weighted by atomic mass is 16.1. The predicted octanol–water partition coefficient (Wildman–Crippen LogP) is 2.40. The predicted molar refractivity (Wildman–Crippen MR) is 68.1 cm³/mol. The van der Waals surface area contributed by atoms with Crippen molar-refractivity contribution < 1.29 is 4.79 Å². The molecule has 1 aromatic rings. The second-order valence-electron chi connectivity index (χ2n) is 5.15. The van der Waals surface area contributed by atoms with Crippen molar-refractivity contribution in [1.82, 2.24) is 5.32 Å². The molecule has 3 heteroatoms. The third kappa shape index (κ3) is 2.99. The molecule has 2 aliphatic carbocycles. The molecule has 0 aromatic heterocycles. The van der Waals surface area contributed by atoms with Crippen LogP contribution in [0.1, 0.15) is 36.0 Å². The molecule has 0 unspecified atom stereocenters. The molecule has 0 saturated heterocycles. The minimum absolute atomic E-state index is 0.0579. The number of benzene rings is 1. The minimum atomic E-state index is 0.0579. The van der Waals surface area contributed by atoms with E-state index in [1.165, 1.54) is 12.8 Å². The Labute approximate surface area is 102 Å². The third-order valence-corrected chi connectivity index (χ3v) is 3.33. The van der Waals surface area contributed by atoms with Gasteiger partial charge in [-0.25, -0.2) is 0 Å². The van der Waals surface area contributed by atoms with E-state index in [9.17, 15) is 4.79 Å². The molecule has 0 spiro atoms. The van der Waals surface area contributed by atoms with E-state index < -0.39 is 0 Å². The SMILES string of the molecule is O=C(NC1CC1)c1cccc(NCC2CC2)c1. The van der Waals surface area contributed by atoms with Crippen LogP contribution < -0.4 is 10.6 Å². The fourth-order valence-corrected chi connectivity index (χ4v) is 1.85. The zero-order chi connectivity index (χ0) is 11.7. The van der Waals surface area contributed by atoms with Gasteiger partial charge in [0.1, 0.15) is 0 Å². The van der Waals surface area contributed by atoms with Gasteiger partial charge in [-0.15, -0.1) is 0 Å². The number of amides is 1. The van der Waals surface area contributed by atoms with Crippen molar-refractivity contribution >= 4 is 11.6 Å². The first-order chi connectivity index (χ1) is 8.31. The van der Waals surface area contributed by atoms with Gasteiger partial charge < -0.3 is 10.6 Å². The summed E-state index contributed by atoms with van der Waals surface area (Å²) in [5.74, 6) is 0.904. The van der Waals surface area contributed by atoms with Gasteiger partial charge in [0.25, 0.3) is 5.91 Å². The summed E-state index contributed by atoms with van der Waals surface area (Å²) in [6.07, 6.45) is 4.94. The summed E-state index contributed by atoms with van der Waals surface area (Å²) in [4.78, 5) is 11.9. The lowest BCUT2D eigenvalue weighted by Crippen LogP contribution is -2.25. The van der Waals surface area contributed by atoms with Gasteiger partial charge in [-0.3, -0.25) is 4.79 Å². The first-order valence-electron chi connectivity index (χ1n) is 6.46. The van der Waals surface area contributed by atoms with Crippen LogP contribution in [0.5, 0.6) is 0 Å². The summed E-state index contributed by atoms with van der Waals surface area (Å²) in [6, 6.07) is 8.21. The molecule has 17 heavy (non-hydrogen) atoms. The molecule has 0 atom stereocenters. The Kier molecular flexibility index (Phi) is 2.75. The number of nitrogens with one attached hydrogen (secondary N) is 2. The maximum absolute atomic E-state index is 11.9. The van der Waals surface area contributed by atoms with E-state index in [0.717, 1.165) is 36.6 Å². The van der Waals surface area contributed by atoms with E-state index in [0.29, 0.717) is 6.04 Å². The molecule has 3 rings (SSSR count). The zero-order valence-corrected chi connectivity index (χ0v) is 9.91. The lowest BCUT2D eigenvalue weighted by Gasteiger charge is -2.08. The van der Waals surface area contributed by atoms with Crippen molar-refractivity contribution in [2.75, 3.05) is 11.9 Å². The van der Waals surface area contributed by atoms with Crippen molar-refractivity contribution in [3.8, 4) is 0 Å². The van der Waals surface area contributed by atoms with Gasteiger partial charge in [-0.1, -0.05) is 6.07 Å². The zero-order valence-electron chi connectivity index (χ0n) is 9.91. The highest BCUT2D eigenvalue weighted by molar-refractivity contribution is 5.95. The number of carbonyl (C=O) groups excluding carboxylic acids is 1. The Bertz CT molecular complexity index is 422. The Morgan fingerprint density at radius 3 is 2.76 bits per heavy atom. The lowest BCUT2D eigenvalue weighted by atomic mass is 10.2. The molecule has 90 valence electrons. The summed E-state index contributed by atoms with van der Waals surface area (Å²) in [5.41, 5.74) is 1.82. The van der Waals surface area contributed by atoms with Crippen molar-refractivity contribution in [2.24, 2.45) is 5.92 Å². The molecule has 0 radical (unpaired) electrons. The normalized spacial score (nSPS) is 18.8. The molecule has 2 N–H and O–H groups in total. The van der Waals surface area contributed by atoms with Gasteiger partial charge in [0.05, 0.1) is 0 Å². The third-order valence-electron chi connectivity index (χ3n) is 3.33. The molecule has 1 aromatic carbocycles. The molecular weight excluding hydrogens is 212 g/mol. The fourth-order valence-electron chi connectivity index (χ4n) is 1.85. The Balaban J connectivity index is 1.61. The second-order valence-corrected chi connectivity index (χ2v) is 5.15. The lowest BCUT2D eigenvalue weighted by molar-refractivity contribution is 0.0951. The summed E-state index contributed by atoms with van der Waals surface area (Å²) in [6.45, 7) is 1.04. The molecule has 2 saturated carbocycles. The second kappa shape index (κ2) is 4.40. The van der Waals surface area contributed by atoms with Gasteiger partial charge in [0.2, 0.25) is 0 Å². The van der Waals surface area contributed by atoms with Crippen LogP contribution in [0.2, 0.25) is 0 Å². The highest BCUT2D eigenvalue weighted by Gasteiger charge is 2.24. The molecule has 0 aliphatic heterocycles. The largest absolute Gasteiger partial charge is 0.385 e. The van der Waals surface area contributed by atoms with E-state index in [1.807, 2.05) is 24.3 Å². The molecule has 0 heterocycles. The number of hydrogen-bond donors (Lipinski definition) is 2. The fraction of sp³-hybridized carbons (Fsp3) is 0.500. The summed E-state index contributed by atoms with van der Waals surface area (Å²) in [7, 11) is 0. The van der Waals surface area contributed by atoms with Crippen LogP contribution in [0.4, 0.5) is 5.69 Å². The Hall–Kier alpha value is -1.51. The quantitative estimate of drug-likeness (QED) is 0.815. The minimum Gasteiger partial charge on any atom is -0.385 e. The van der Waals surface area contributed by atoms with Crippen molar-refractivity contribution in [2.45, 2.75) is 31.7 Å². The van der Waals surface area contributed by atoms with Crippen molar-refractivity contribution in [1.29, 1.82) is 0 Å². The van der Waals surface area contributed by atoms with Crippen LogP contribution in [0.15, 0.2) is 24.3 Å². The summed E-state index contributed by atoms with van der Waals surface area (Å²) < 4.78 is 0. The van der Waals surface area contributed by atoms with Crippen molar-refractivity contribution in [3.05, 3.63) is 29.8 Å². The Morgan fingerprint density at radius 2 is 2.06 bits per heavy atom. The standard InChI is InChI=1S/C14H18N2O/c17-14(16-12-6-7-12)11-2-1-3-13(8-11)15-9-10-4-5-10/h1-3,8,10,12,15H,4-7,9H2,(H,16,17). The molecule has 3 nitrogen and oxygen atoms in total. The number of anilines is 1. The molecule has 2 aliphatic rings. The van der Waals surface area contributed by atoms with E-state index in [1.54, 1.807) is 0 Å². The first-order valence-corrected chi connectivity index (χ1v) is 6.46. The first kappa shape index (κ1) is 10.6. The molecule has 2 fully saturated rings. The smallest absolute Gasteiger partial charge is 0.251 e. The summed E-state index contributed by atoms with van der Waals surface area (Å²) >= 11 is 0. The number of rotatable bonds is 5. The van der Waals surface area contributed by atoms with Crippen LogP contribution in [0, 0.1) is 5.92 Å². The maximum Gasteiger partial charge on any atom is 0.251 e. The van der Waals surface area contributed by atoms with Gasteiger partial charge in [-0.05, 0) is 49.8 Å². The molecule has 0 bridgehead atoms. The highest BCUT2D eigenvalue weighted by Crippen LogP contribution is 2.29. The maximum atomic E-state index is 11.9. The summed E-state index contributed by atoms with van der Waals surface area (Å²) in [5, 5.41) is 6.40. The van der Waals surface area contributed by atoms with E-state index in [-0.39, 0.29) is 5.91 Å². The van der Waals surface area contributed by atoms with Crippen LogP contribution in [0.3, 0.4) is 0 Å². The topological polar surface area (TPSA) is 41.1 Å². The van der Waals surface area contributed by atoms with Crippen LogP contribution in [-0.4, -0.2) is 18.5 Å². The average Bonchev–Trinajstić information content (AvgIpc) is 3.21. The van der Waals surface area contributed by atoms with Gasteiger partial charge in [0, 0.05) is 23.8 Å². The molecular formula is C14H18N2O.